The molecule has 1 atom stereocenters. The van der Waals surface area contributed by atoms with Crippen LogP contribution in [0.4, 0.5) is 8.78 Å². The summed E-state index contributed by atoms with van der Waals surface area (Å²) >= 11 is 0. The van der Waals surface area contributed by atoms with E-state index < -0.39 is 17.6 Å². The summed E-state index contributed by atoms with van der Waals surface area (Å²) in [5, 5.41) is 9.05. The largest absolute Gasteiger partial charge is 0.240 e. The molecule has 0 saturated carbocycles. The van der Waals surface area contributed by atoms with Gasteiger partial charge in [-0.05, 0) is 23.8 Å². The van der Waals surface area contributed by atoms with Crippen LogP contribution >= 0.6 is 0 Å². The molecule has 5 heteroatoms. The Morgan fingerprint density at radius 2 is 1.82 bits per heavy atom. The van der Waals surface area contributed by atoms with Gasteiger partial charge in [0.2, 0.25) is 0 Å². The molecule has 0 aliphatic heterocycles. The number of hydrogen-bond acceptors (Lipinski definition) is 3. The monoisotopic (exact) mass is 231 g/mol. The molecule has 2 rings (SSSR count). The fraction of sp³-hybridized carbons (Fsp3) is 0.0833. The van der Waals surface area contributed by atoms with Crippen LogP contribution in [-0.2, 0) is 0 Å². The topological polar surface area (TPSA) is 49.6 Å². The van der Waals surface area contributed by atoms with Crippen molar-refractivity contribution in [3.63, 3.8) is 0 Å². The normalized spacial score (nSPS) is 11.8. The third-order valence-electron chi connectivity index (χ3n) is 2.25. The van der Waals surface area contributed by atoms with Crippen molar-refractivity contribution in [2.24, 2.45) is 0 Å². The van der Waals surface area contributed by atoms with E-state index in [0.717, 1.165) is 12.1 Å². The van der Waals surface area contributed by atoms with Crippen LogP contribution in [0.5, 0.6) is 0 Å². The Balaban J connectivity index is 2.44. The van der Waals surface area contributed by atoms with E-state index in [1.807, 2.05) is 6.07 Å². The average Bonchev–Trinajstić information content (AvgIpc) is 2.36. The summed E-state index contributed by atoms with van der Waals surface area (Å²) in [6.45, 7) is 0. The lowest BCUT2D eigenvalue weighted by Crippen LogP contribution is -2.04. The summed E-state index contributed by atoms with van der Waals surface area (Å²) in [7, 11) is 0. The Hall–Kier alpha value is -2.35. The molecule has 0 radical (unpaired) electrons. The van der Waals surface area contributed by atoms with Crippen molar-refractivity contribution in [2.45, 2.75) is 5.92 Å². The Morgan fingerprint density at radius 3 is 2.41 bits per heavy atom. The number of halogens is 2. The molecule has 84 valence electrons. The van der Waals surface area contributed by atoms with Gasteiger partial charge in [-0.15, -0.1) is 0 Å². The fourth-order valence-corrected chi connectivity index (χ4v) is 1.43. The summed E-state index contributed by atoms with van der Waals surface area (Å²) in [6.07, 6.45) is 2.99. The Morgan fingerprint density at radius 1 is 1.12 bits per heavy atom. The molecule has 3 nitrogen and oxygen atoms in total. The predicted molar refractivity (Wildman–Crippen MR) is 55.8 cm³/mol. The van der Waals surface area contributed by atoms with Crippen LogP contribution in [0.2, 0.25) is 0 Å². The maximum absolute atomic E-state index is 13.1. The first-order valence-corrected chi connectivity index (χ1v) is 4.84. The average molecular weight is 231 g/mol. The highest BCUT2D eigenvalue weighted by Crippen LogP contribution is 2.22. The smallest absolute Gasteiger partial charge is 0.159 e. The number of rotatable bonds is 2. The SMILES string of the molecule is N#CC(c1ccc(F)c(F)c1)c1ncccn1. The molecule has 2 aromatic rings. The van der Waals surface area contributed by atoms with E-state index in [9.17, 15) is 8.78 Å². The second-order valence-corrected chi connectivity index (χ2v) is 3.34. The van der Waals surface area contributed by atoms with Gasteiger partial charge in [-0.1, -0.05) is 6.07 Å². The summed E-state index contributed by atoms with van der Waals surface area (Å²) in [4.78, 5) is 7.86. The van der Waals surface area contributed by atoms with Gasteiger partial charge in [0, 0.05) is 12.4 Å². The van der Waals surface area contributed by atoms with Crippen LogP contribution in [0.25, 0.3) is 0 Å². The molecule has 1 aromatic carbocycles. The third-order valence-corrected chi connectivity index (χ3v) is 2.25. The van der Waals surface area contributed by atoms with Gasteiger partial charge < -0.3 is 0 Å². The second-order valence-electron chi connectivity index (χ2n) is 3.34. The summed E-state index contributed by atoms with van der Waals surface area (Å²) < 4.78 is 25.8. The maximum atomic E-state index is 13.1. The highest BCUT2D eigenvalue weighted by molar-refractivity contribution is 5.32. The molecule has 0 amide bonds. The highest BCUT2D eigenvalue weighted by atomic mass is 19.2. The van der Waals surface area contributed by atoms with Crippen LogP contribution in [0, 0.1) is 23.0 Å². The molecule has 0 bridgehead atoms. The zero-order chi connectivity index (χ0) is 12.3. The molecule has 1 heterocycles. The summed E-state index contributed by atoms with van der Waals surface area (Å²) in [5.41, 5.74) is 0.331. The molecular weight excluding hydrogens is 224 g/mol. The number of nitrogens with zero attached hydrogens (tertiary/aromatic N) is 3. The van der Waals surface area contributed by atoms with Gasteiger partial charge in [-0.2, -0.15) is 5.26 Å². The number of benzene rings is 1. The molecule has 0 N–H and O–H groups in total. The van der Waals surface area contributed by atoms with Gasteiger partial charge in [-0.3, -0.25) is 0 Å². The number of hydrogen-bond donors (Lipinski definition) is 0. The van der Waals surface area contributed by atoms with E-state index in [4.69, 9.17) is 5.26 Å². The van der Waals surface area contributed by atoms with Crippen molar-refractivity contribution >= 4 is 0 Å². The van der Waals surface area contributed by atoms with E-state index in [2.05, 4.69) is 9.97 Å². The van der Waals surface area contributed by atoms with Crippen LogP contribution in [0.3, 0.4) is 0 Å². The predicted octanol–water partition coefficient (Wildman–Crippen LogP) is 2.41. The van der Waals surface area contributed by atoms with E-state index >= 15 is 0 Å². The summed E-state index contributed by atoms with van der Waals surface area (Å²) in [5.74, 6) is -2.47. The molecule has 17 heavy (non-hydrogen) atoms. The minimum atomic E-state index is -0.987. The van der Waals surface area contributed by atoms with Crippen molar-refractivity contribution in [3.05, 3.63) is 59.7 Å². The minimum absolute atomic E-state index is 0.265. The Kier molecular flexibility index (Phi) is 3.06. The van der Waals surface area contributed by atoms with Crippen LogP contribution < -0.4 is 0 Å². The molecule has 0 aliphatic carbocycles. The van der Waals surface area contributed by atoms with Crippen molar-refractivity contribution in [1.29, 1.82) is 5.26 Å². The van der Waals surface area contributed by atoms with Crippen molar-refractivity contribution in [1.82, 2.24) is 9.97 Å². The maximum Gasteiger partial charge on any atom is 0.159 e. The lowest BCUT2D eigenvalue weighted by Gasteiger charge is -2.07. The highest BCUT2D eigenvalue weighted by Gasteiger charge is 2.17. The first-order valence-electron chi connectivity index (χ1n) is 4.84. The van der Waals surface area contributed by atoms with Gasteiger partial charge in [0.1, 0.15) is 11.7 Å². The van der Waals surface area contributed by atoms with Crippen LogP contribution in [0.15, 0.2) is 36.7 Å². The van der Waals surface area contributed by atoms with Gasteiger partial charge in [0.25, 0.3) is 0 Å². The van der Waals surface area contributed by atoms with Crippen molar-refractivity contribution < 1.29 is 8.78 Å². The van der Waals surface area contributed by atoms with E-state index in [1.165, 1.54) is 18.5 Å². The van der Waals surface area contributed by atoms with E-state index in [1.54, 1.807) is 6.07 Å². The lowest BCUT2D eigenvalue weighted by molar-refractivity contribution is 0.507. The van der Waals surface area contributed by atoms with Crippen LogP contribution in [0.1, 0.15) is 17.3 Å². The summed E-state index contributed by atoms with van der Waals surface area (Å²) in [6, 6.07) is 6.90. The Bertz CT molecular complexity index is 564. The first kappa shape index (κ1) is 11.1. The molecule has 1 aromatic heterocycles. The number of aromatic nitrogens is 2. The fourth-order valence-electron chi connectivity index (χ4n) is 1.43. The van der Waals surface area contributed by atoms with Crippen LogP contribution in [-0.4, -0.2) is 9.97 Å². The first-order chi connectivity index (χ1) is 8.22. The van der Waals surface area contributed by atoms with Gasteiger partial charge in [0.15, 0.2) is 11.6 Å². The minimum Gasteiger partial charge on any atom is -0.240 e. The van der Waals surface area contributed by atoms with E-state index in [0.29, 0.717) is 5.56 Å². The van der Waals surface area contributed by atoms with Crippen molar-refractivity contribution in [3.8, 4) is 6.07 Å². The standard InChI is InChI=1S/C12H7F2N3/c13-10-3-2-8(6-11(10)14)9(7-15)12-16-4-1-5-17-12/h1-6,9H. The van der Waals surface area contributed by atoms with Crippen molar-refractivity contribution in [2.75, 3.05) is 0 Å². The molecule has 1 unspecified atom stereocenters. The van der Waals surface area contributed by atoms with Gasteiger partial charge in [-0.25, -0.2) is 18.7 Å². The second kappa shape index (κ2) is 4.66. The molecular formula is C12H7F2N3. The zero-order valence-electron chi connectivity index (χ0n) is 8.64. The number of nitriles is 1. The van der Waals surface area contributed by atoms with E-state index in [-0.39, 0.29) is 5.82 Å². The lowest BCUT2D eigenvalue weighted by atomic mass is 9.99. The quantitative estimate of drug-likeness (QED) is 0.797. The molecule has 0 aliphatic rings. The molecule has 0 fully saturated rings. The van der Waals surface area contributed by atoms with Gasteiger partial charge in [0.05, 0.1) is 6.07 Å². The third kappa shape index (κ3) is 2.26. The Labute approximate surface area is 96.4 Å². The van der Waals surface area contributed by atoms with Gasteiger partial charge >= 0.3 is 0 Å². The molecule has 0 spiro atoms. The zero-order valence-corrected chi connectivity index (χ0v) is 8.64. The molecule has 0 saturated heterocycles.